The van der Waals surface area contributed by atoms with Gasteiger partial charge in [0.15, 0.2) is 6.61 Å². The van der Waals surface area contributed by atoms with E-state index >= 15 is 0 Å². The van der Waals surface area contributed by atoms with Gasteiger partial charge >= 0.3 is 0 Å². The molecule has 9 heteroatoms. The fourth-order valence-electron chi connectivity index (χ4n) is 2.57. The molecule has 3 aromatic rings. The van der Waals surface area contributed by atoms with Gasteiger partial charge in [-0.25, -0.2) is 12.8 Å². The number of rotatable bonds is 8. The second-order valence-corrected chi connectivity index (χ2v) is 8.11. The number of carbonyl (C=O) groups is 1. The third-order valence-electron chi connectivity index (χ3n) is 4.10. The zero-order chi connectivity index (χ0) is 21.6. The van der Waals surface area contributed by atoms with Crippen molar-refractivity contribution < 1.29 is 22.3 Å². The molecule has 0 aliphatic heterocycles. The molecule has 156 valence electrons. The van der Waals surface area contributed by atoms with Crippen molar-refractivity contribution >= 4 is 21.6 Å². The predicted molar refractivity (Wildman–Crippen MR) is 110 cm³/mol. The number of carbonyl (C=O) groups excluding carboxylic acids is 1. The van der Waals surface area contributed by atoms with E-state index in [9.17, 15) is 17.6 Å². The summed E-state index contributed by atoms with van der Waals surface area (Å²) in [5.74, 6) is -0.391. The summed E-state index contributed by atoms with van der Waals surface area (Å²) in [6, 6.07) is 14.7. The lowest BCUT2D eigenvalue weighted by Gasteiger charge is -2.12. The van der Waals surface area contributed by atoms with Crippen LogP contribution in [0, 0.1) is 12.7 Å². The van der Waals surface area contributed by atoms with E-state index in [0.29, 0.717) is 11.3 Å². The Bertz CT molecular complexity index is 1120. The minimum Gasteiger partial charge on any atom is -0.484 e. The first kappa shape index (κ1) is 21.3. The van der Waals surface area contributed by atoms with Crippen LogP contribution in [0.2, 0.25) is 0 Å². The topological polar surface area (TPSA) is 97.4 Å². The Morgan fingerprint density at radius 1 is 1.10 bits per heavy atom. The largest absolute Gasteiger partial charge is 0.484 e. The molecule has 1 amide bonds. The smallest absolute Gasteiger partial charge is 0.261 e. The second-order valence-electron chi connectivity index (χ2n) is 6.43. The first-order valence-electron chi connectivity index (χ1n) is 9.02. The molecule has 0 radical (unpaired) electrons. The van der Waals surface area contributed by atoms with Crippen molar-refractivity contribution in [3.05, 3.63) is 83.9 Å². The first-order valence-corrected chi connectivity index (χ1v) is 10.5. The van der Waals surface area contributed by atoms with Gasteiger partial charge in [-0.3, -0.25) is 14.5 Å². The number of aryl methyl sites for hydroxylation is 1. The van der Waals surface area contributed by atoms with Crippen molar-refractivity contribution in [2.24, 2.45) is 0 Å². The fraction of sp³-hybridized carbons (Fsp3) is 0.143. The lowest BCUT2D eigenvalue weighted by molar-refractivity contribution is -0.123. The van der Waals surface area contributed by atoms with Gasteiger partial charge in [0.05, 0.1) is 17.1 Å². The molecule has 0 spiro atoms. The molecule has 1 aromatic heterocycles. The minimum atomic E-state index is -3.85. The molecule has 0 fully saturated rings. The third-order valence-corrected chi connectivity index (χ3v) is 5.48. The molecule has 0 aliphatic carbocycles. The Balaban J connectivity index is 1.59. The Kier molecular flexibility index (Phi) is 6.63. The number of hydrogen-bond donors (Lipinski definition) is 2. The molecule has 0 unspecified atom stereocenters. The van der Waals surface area contributed by atoms with Crippen LogP contribution in [0.15, 0.2) is 71.8 Å². The monoisotopic (exact) mass is 429 g/mol. The van der Waals surface area contributed by atoms with E-state index in [0.717, 1.165) is 5.69 Å². The van der Waals surface area contributed by atoms with Gasteiger partial charge in [0, 0.05) is 11.9 Å². The molecule has 0 saturated carbocycles. The van der Waals surface area contributed by atoms with Crippen molar-refractivity contribution in [3.63, 3.8) is 0 Å². The maximum absolute atomic E-state index is 13.0. The molecule has 1 heterocycles. The molecule has 3 rings (SSSR count). The lowest BCUT2D eigenvalue weighted by Crippen LogP contribution is -2.28. The Morgan fingerprint density at radius 2 is 1.87 bits per heavy atom. The minimum absolute atomic E-state index is 0.0243. The normalized spacial score (nSPS) is 11.0. The summed E-state index contributed by atoms with van der Waals surface area (Å²) in [4.78, 5) is 16.1. The van der Waals surface area contributed by atoms with Crippen molar-refractivity contribution in [1.82, 2.24) is 10.3 Å². The highest BCUT2D eigenvalue weighted by molar-refractivity contribution is 7.92. The number of nitrogens with zero attached hydrogens (tertiary/aromatic N) is 1. The van der Waals surface area contributed by atoms with Gasteiger partial charge in [-0.05, 0) is 67.1 Å². The molecule has 2 N–H and O–H groups in total. The molecule has 0 atom stereocenters. The Labute approximate surface area is 174 Å². The number of pyridine rings is 1. The Morgan fingerprint density at radius 3 is 2.53 bits per heavy atom. The maximum Gasteiger partial charge on any atom is 0.261 e. The molecular weight excluding hydrogens is 409 g/mol. The zero-order valence-corrected chi connectivity index (χ0v) is 16.9. The molecule has 30 heavy (non-hydrogen) atoms. The van der Waals surface area contributed by atoms with Gasteiger partial charge in [-0.1, -0.05) is 6.07 Å². The number of amides is 1. The van der Waals surface area contributed by atoms with Crippen molar-refractivity contribution in [2.45, 2.75) is 18.4 Å². The van der Waals surface area contributed by atoms with E-state index in [1.807, 2.05) is 6.07 Å². The quantitative estimate of drug-likeness (QED) is 0.574. The average Bonchev–Trinajstić information content (AvgIpc) is 2.73. The second kappa shape index (κ2) is 9.36. The van der Waals surface area contributed by atoms with E-state index in [-0.39, 0.29) is 29.6 Å². The molecule has 0 aliphatic rings. The highest BCUT2D eigenvalue weighted by atomic mass is 32.2. The third kappa shape index (κ3) is 5.77. The summed E-state index contributed by atoms with van der Waals surface area (Å²) < 4.78 is 45.9. The zero-order valence-electron chi connectivity index (χ0n) is 16.1. The standard InChI is InChI=1S/C21H20FN3O4S/c1-15-12-19(30(27,28)25-17-7-5-16(22)6-8-17)9-10-20(15)29-14-21(26)24-13-18-4-2-3-11-23-18/h2-12,25H,13-14H2,1H3,(H,24,26). The summed E-state index contributed by atoms with van der Waals surface area (Å²) in [7, 11) is -3.85. The fourth-order valence-corrected chi connectivity index (χ4v) is 3.71. The average molecular weight is 429 g/mol. The summed E-state index contributed by atoms with van der Waals surface area (Å²) in [6.07, 6.45) is 1.64. The van der Waals surface area contributed by atoms with E-state index < -0.39 is 15.8 Å². The van der Waals surface area contributed by atoms with Crippen LogP contribution in [0.1, 0.15) is 11.3 Å². The number of hydrogen-bond acceptors (Lipinski definition) is 5. The predicted octanol–water partition coefficient (Wildman–Crippen LogP) is 3.03. The summed E-state index contributed by atoms with van der Waals surface area (Å²) >= 11 is 0. The van der Waals surface area contributed by atoms with Crippen LogP contribution < -0.4 is 14.8 Å². The number of benzene rings is 2. The van der Waals surface area contributed by atoms with Gasteiger partial charge in [0.1, 0.15) is 11.6 Å². The van der Waals surface area contributed by atoms with Crippen molar-refractivity contribution in [3.8, 4) is 5.75 Å². The SMILES string of the molecule is Cc1cc(S(=O)(=O)Nc2ccc(F)cc2)ccc1OCC(=O)NCc1ccccn1. The summed E-state index contributed by atoms with van der Waals surface area (Å²) in [5.41, 5.74) is 1.53. The van der Waals surface area contributed by atoms with Crippen LogP contribution in [0.25, 0.3) is 0 Å². The maximum atomic E-state index is 13.0. The highest BCUT2D eigenvalue weighted by Gasteiger charge is 2.16. The van der Waals surface area contributed by atoms with Crippen LogP contribution in [0.4, 0.5) is 10.1 Å². The van der Waals surface area contributed by atoms with E-state index in [2.05, 4.69) is 15.0 Å². The molecule has 0 bridgehead atoms. The van der Waals surface area contributed by atoms with Gasteiger partial charge < -0.3 is 10.1 Å². The van der Waals surface area contributed by atoms with Gasteiger partial charge in [-0.15, -0.1) is 0 Å². The number of aromatic nitrogens is 1. The number of nitrogens with one attached hydrogen (secondary N) is 2. The Hall–Kier alpha value is -3.46. The number of anilines is 1. The van der Waals surface area contributed by atoms with Crippen molar-refractivity contribution in [2.75, 3.05) is 11.3 Å². The molecular formula is C21H20FN3O4S. The van der Waals surface area contributed by atoms with Gasteiger partial charge in [-0.2, -0.15) is 0 Å². The molecule has 7 nitrogen and oxygen atoms in total. The van der Waals surface area contributed by atoms with Crippen LogP contribution >= 0.6 is 0 Å². The van der Waals surface area contributed by atoms with E-state index in [1.54, 1.807) is 25.3 Å². The lowest BCUT2D eigenvalue weighted by atomic mass is 10.2. The van der Waals surface area contributed by atoms with Crippen LogP contribution in [-0.4, -0.2) is 25.9 Å². The summed E-state index contributed by atoms with van der Waals surface area (Å²) in [5, 5.41) is 2.70. The van der Waals surface area contributed by atoms with Crippen LogP contribution in [0.3, 0.4) is 0 Å². The molecule has 0 saturated heterocycles. The number of halogens is 1. The number of ether oxygens (including phenoxy) is 1. The van der Waals surface area contributed by atoms with Gasteiger partial charge in [0.25, 0.3) is 15.9 Å². The van der Waals surface area contributed by atoms with Crippen LogP contribution in [-0.2, 0) is 21.4 Å². The van der Waals surface area contributed by atoms with Gasteiger partial charge in [0.2, 0.25) is 0 Å². The molecule has 2 aromatic carbocycles. The van der Waals surface area contributed by atoms with E-state index in [4.69, 9.17) is 4.74 Å². The highest BCUT2D eigenvalue weighted by Crippen LogP contribution is 2.23. The summed E-state index contributed by atoms with van der Waals surface area (Å²) in [6.45, 7) is 1.75. The van der Waals surface area contributed by atoms with Crippen molar-refractivity contribution in [1.29, 1.82) is 0 Å². The van der Waals surface area contributed by atoms with Crippen LogP contribution in [0.5, 0.6) is 5.75 Å². The number of sulfonamides is 1. The van der Waals surface area contributed by atoms with E-state index in [1.165, 1.54) is 42.5 Å². The first-order chi connectivity index (χ1) is 14.3.